The Morgan fingerprint density at radius 3 is 2.31 bits per heavy atom. The molecule has 2 aromatic carbocycles. The number of nitrogens with one attached hydrogen (secondary N) is 1. The lowest BCUT2D eigenvalue weighted by atomic mass is 10.1. The maximum atomic E-state index is 12.8. The topological polar surface area (TPSA) is 75.7 Å². The van der Waals surface area contributed by atoms with Gasteiger partial charge in [0.25, 0.3) is 0 Å². The van der Waals surface area contributed by atoms with E-state index in [1.807, 2.05) is 36.1 Å². The molecule has 0 aromatic heterocycles. The molecule has 1 atom stereocenters. The van der Waals surface area contributed by atoms with Crippen LogP contribution in [0.3, 0.4) is 0 Å². The zero-order chi connectivity index (χ0) is 20.9. The molecule has 0 spiro atoms. The highest BCUT2D eigenvalue weighted by atomic mass is 32.2. The van der Waals surface area contributed by atoms with Gasteiger partial charge in [0, 0.05) is 24.0 Å². The number of nitrogens with zero attached hydrogens (tertiary/aromatic N) is 1. The molecule has 29 heavy (non-hydrogen) atoms. The summed E-state index contributed by atoms with van der Waals surface area (Å²) >= 11 is 1.51. The molecule has 1 aliphatic rings. The standard InChI is InChI=1S/C21H26N2O4S2/c1-16(28-19-10-8-18(27-2)9-11-19)21(24)23-14-12-17(13-15-23)22-29(25,26)20-6-4-3-5-7-20/h3-11,16-17,22H,12-15H2,1-2H3. The van der Waals surface area contributed by atoms with Crippen LogP contribution >= 0.6 is 11.8 Å². The summed E-state index contributed by atoms with van der Waals surface area (Å²) in [5.41, 5.74) is 0. The van der Waals surface area contributed by atoms with Crippen LogP contribution in [0.5, 0.6) is 5.75 Å². The highest BCUT2D eigenvalue weighted by Crippen LogP contribution is 2.27. The Kier molecular flexibility index (Phi) is 7.21. The lowest BCUT2D eigenvalue weighted by molar-refractivity contribution is -0.131. The van der Waals surface area contributed by atoms with E-state index in [9.17, 15) is 13.2 Å². The first kappa shape index (κ1) is 21.7. The van der Waals surface area contributed by atoms with Crippen LogP contribution in [0.4, 0.5) is 0 Å². The van der Waals surface area contributed by atoms with Gasteiger partial charge in [-0.25, -0.2) is 13.1 Å². The minimum atomic E-state index is -3.53. The Hall–Kier alpha value is -2.03. The average Bonchev–Trinajstić information content (AvgIpc) is 2.74. The monoisotopic (exact) mass is 434 g/mol. The lowest BCUT2D eigenvalue weighted by Gasteiger charge is -2.33. The predicted octanol–water partition coefficient (Wildman–Crippen LogP) is 3.15. The van der Waals surface area contributed by atoms with E-state index in [2.05, 4.69) is 4.72 Å². The smallest absolute Gasteiger partial charge is 0.240 e. The van der Waals surface area contributed by atoms with Gasteiger partial charge in [0.1, 0.15) is 5.75 Å². The normalized spacial score (nSPS) is 16.4. The summed E-state index contributed by atoms with van der Waals surface area (Å²) in [6.07, 6.45) is 1.22. The number of amides is 1. The Labute approximate surface area is 176 Å². The Morgan fingerprint density at radius 2 is 1.72 bits per heavy atom. The van der Waals surface area contributed by atoms with Crippen LogP contribution in [0.25, 0.3) is 0 Å². The van der Waals surface area contributed by atoms with Crippen molar-refractivity contribution in [2.24, 2.45) is 0 Å². The number of thioether (sulfide) groups is 1. The highest BCUT2D eigenvalue weighted by Gasteiger charge is 2.29. The van der Waals surface area contributed by atoms with E-state index in [1.54, 1.807) is 37.4 Å². The molecule has 1 fully saturated rings. The molecule has 6 nitrogen and oxygen atoms in total. The number of carbonyl (C=O) groups is 1. The quantitative estimate of drug-likeness (QED) is 0.678. The third-order valence-electron chi connectivity index (χ3n) is 4.90. The van der Waals surface area contributed by atoms with E-state index in [4.69, 9.17) is 4.74 Å². The Morgan fingerprint density at radius 1 is 1.10 bits per heavy atom. The molecule has 0 aliphatic carbocycles. The van der Waals surface area contributed by atoms with Gasteiger partial charge in [-0.1, -0.05) is 18.2 Å². The van der Waals surface area contributed by atoms with Crippen molar-refractivity contribution in [3.8, 4) is 5.75 Å². The molecule has 0 bridgehead atoms. The van der Waals surface area contributed by atoms with Crippen molar-refractivity contribution in [2.45, 2.75) is 40.8 Å². The van der Waals surface area contributed by atoms with E-state index in [1.165, 1.54) is 11.8 Å². The summed E-state index contributed by atoms with van der Waals surface area (Å²) in [7, 11) is -1.91. The van der Waals surface area contributed by atoms with Gasteiger partial charge in [0.05, 0.1) is 17.3 Å². The zero-order valence-electron chi connectivity index (χ0n) is 16.6. The van der Waals surface area contributed by atoms with Gasteiger partial charge in [0.2, 0.25) is 15.9 Å². The van der Waals surface area contributed by atoms with E-state index < -0.39 is 10.0 Å². The maximum Gasteiger partial charge on any atom is 0.240 e. The fourth-order valence-corrected chi connectivity index (χ4v) is 5.55. The van der Waals surface area contributed by atoms with Crippen molar-refractivity contribution in [3.05, 3.63) is 54.6 Å². The number of hydrogen-bond donors (Lipinski definition) is 1. The zero-order valence-corrected chi connectivity index (χ0v) is 18.2. The second-order valence-electron chi connectivity index (χ2n) is 6.97. The summed E-state index contributed by atoms with van der Waals surface area (Å²) in [5, 5.41) is -0.207. The molecular weight excluding hydrogens is 408 g/mol. The van der Waals surface area contributed by atoms with Crippen molar-refractivity contribution in [2.75, 3.05) is 20.2 Å². The van der Waals surface area contributed by atoms with Crippen LogP contribution in [0.2, 0.25) is 0 Å². The summed E-state index contributed by atoms with van der Waals surface area (Å²) in [6.45, 7) is 3.00. The van der Waals surface area contributed by atoms with Gasteiger partial charge in [0.15, 0.2) is 0 Å². The Balaban J connectivity index is 1.51. The number of benzene rings is 2. The van der Waals surface area contributed by atoms with Gasteiger partial charge in [-0.3, -0.25) is 4.79 Å². The van der Waals surface area contributed by atoms with Crippen LogP contribution in [-0.2, 0) is 14.8 Å². The van der Waals surface area contributed by atoms with Crippen LogP contribution in [0.1, 0.15) is 19.8 Å². The number of hydrogen-bond acceptors (Lipinski definition) is 5. The molecule has 8 heteroatoms. The van der Waals surface area contributed by atoms with Gasteiger partial charge < -0.3 is 9.64 Å². The molecule has 3 rings (SSSR count). The second-order valence-corrected chi connectivity index (χ2v) is 10.1. The first-order valence-electron chi connectivity index (χ1n) is 9.56. The van der Waals surface area contributed by atoms with E-state index in [0.717, 1.165) is 10.6 Å². The molecule has 0 saturated carbocycles. The van der Waals surface area contributed by atoms with Gasteiger partial charge in [-0.05, 0) is 56.2 Å². The number of methoxy groups -OCH3 is 1. The first-order chi connectivity index (χ1) is 13.9. The molecule has 1 N–H and O–H groups in total. The number of carbonyl (C=O) groups excluding carboxylic acids is 1. The van der Waals surface area contributed by atoms with Crippen LogP contribution in [-0.4, -0.2) is 50.7 Å². The summed E-state index contributed by atoms with van der Waals surface area (Å²) < 4.78 is 32.9. The molecule has 1 saturated heterocycles. The third-order valence-corrected chi connectivity index (χ3v) is 7.54. The SMILES string of the molecule is COc1ccc(SC(C)C(=O)N2CCC(NS(=O)(=O)c3ccccc3)CC2)cc1. The van der Waals surface area contributed by atoms with E-state index in [-0.39, 0.29) is 22.1 Å². The van der Waals surface area contributed by atoms with Crippen molar-refractivity contribution in [1.82, 2.24) is 9.62 Å². The van der Waals surface area contributed by atoms with Crippen molar-refractivity contribution < 1.29 is 17.9 Å². The van der Waals surface area contributed by atoms with Crippen molar-refractivity contribution in [1.29, 1.82) is 0 Å². The van der Waals surface area contributed by atoms with Gasteiger partial charge >= 0.3 is 0 Å². The second kappa shape index (κ2) is 9.65. The molecule has 1 amide bonds. The number of sulfonamides is 1. The molecule has 1 aliphatic heterocycles. The molecule has 2 aromatic rings. The van der Waals surface area contributed by atoms with Crippen molar-refractivity contribution >= 4 is 27.7 Å². The molecule has 0 radical (unpaired) electrons. The van der Waals surface area contributed by atoms with Crippen LogP contribution < -0.4 is 9.46 Å². The van der Waals surface area contributed by atoms with Gasteiger partial charge in [-0.15, -0.1) is 11.8 Å². The van der Waals surface area contributed by atoms with Gasteiger partial charge in [-0.2, -0.15) is 0 Å². The number of piperidine rings is 1. The molecular formula is C21H26N2O4S2. The largest absolute Gasteiger partial charge is 0.497 e. The van der Waals surface area contributed by atoms with Crippen LogP contribution in [0.15, 0.2) is 64.4 Å². The number of likely N-dealkylation sites (tertiary alicyclic amines) is 1. The summed E-state index contributed by atoms with van der Waals surface area (Å²) in [6, 6.07) is 15.8. The maximum absolute atomic E-state index is 12.8. The first-order valence-corrected chi connectivity index (χ1v) is 11.9. The van der Waals surface area contributed by atoms with Crippen molar-refractivity contribution in [3.63, 3.8) is 0 Å². The van der Waals surface area contributed by atoms with E-state index >= 15 is 0 Å². The summed E-state index contributed by atoms with van der Waals surface area (Å²) in [4.78, 5) is 15.9. The molecule has 156 valence electrons. The third kappa shape index (κ3) is 5.74. The fraction of sp³-hybridized carbons (Fsp3) is 0.381. The molecule has 1 unspecified atom stereocenters. The minimum Gasteiger partial charge on any atom is -0.497 e. The van der Waals surface area contributed by atoms with E-state index in [0.29, 0.717) is 25.9 Å². The number of rotatable bonds is 7. The molecule has 1 heterocycles. The lowest BCUT2D eigenvalue weighted by Crippen LogP contribution is -2.48. The minimum absolute atomic E-state index is 0.0789. The number of ether oxygens (including phenoxy) is 1. The fourth-order valence-electron chi connectivity index (χ4n) is 3.27. The Bertz CT molecular complexity index is 909. The predicted molar refractivity (Wildman–Crippen MR) is 115 cm³/mol. The van der Waals surface area contributed by atoms with Crippen LogP contribution in [0, 0.1) is 0 Å². The highest BCUT2D eigenvalue weighted by molar-refractivity contribution is 8.00. The average molecular weight is 435 g/mol. The summed E-state index contributed by atoms with van der Waals surface area (Å²) in [5.74, 6) is 0.864.